The molecule has 6 heteroatoms. The van der Waals surface area contributed by atoms with E-state index in [0.29, 0.717) is 16.2 Å². The second-order valence-electron chi connectivity index (χ2n) is 2.74. The number of anilines is 1. The van der Waals surface area contributed by atoms with Gasteiger partial charge in [-0.15, -0.1) is 0 Å². The van der Waals surface area contributed by atoms with Crippen LogP contribution in [-0.4, -0.2) is 14.7 Å². The predicted molar refractivity (Wildman–Crippen MR) is 56.7 cm³/mol. The van der Waals surface area contributed by atoms with Crippen LogP contribution < -0.4 is 5.32 Å². The predicted octanol–water partition coefficient (Wildman–Crippen LogP) is 2.30. The molecular weight excluding hydrogens is 222 g/mol. The zero-order valence-corrected chi connectivity index (χ0v) is 8.82. The van der Waals surface area contributed by atoms with Gasteiger partial charge in [0.1, 0.15) is 11.0 Å². The van der Waals surface area contributed by atoms with E-state index in [9.17, 15) is 4.79 Å². The lowest BCUT2D eigenvalue weighted by molar-refractivity contribution is -0.114. The van der Waals surface area contributed by atoms with Crippen molar-refractivity contribution >= 4 is 46.0 Å². The highest BCUT2D eigenvalue weighted by molar-refractivity contribution is 7.00. The van der Waals surface area contributed by atoms with Gasteiger partial charge in [0.2, 0.25) is 5.91 Å². The monoisotopic (exact) mass is 227 g/mol. The minimum atomic E-state index is -0.174. The molecule has 0 aliphatic rings. The molecule has 0 saturated heterocycles. The Morgan fingerprint density at radius 2 is 2.29 bits per heavy atom. The minimum Gasteiger partial charge on any atom is -0.323 e. The molecule has 1 aromatic heterocycles. The van der Waals surface area contributed by atoms with Crippen LogP contribution in [0.4, 0.5) is 5.69 Å². The van der Waals surface area contributed by atoms with E-state index in [1.807, 2.05) is 0 Å². The number of halogens is 1. The molecule has 72 valence electrons. The maximum absolute atomic E-state index is 10.9. The fourth-order valence-corrected chi connectivity index (χ4v) is 1.86. The zero-order valence-electron chi connectivity index (χ0n) is 7.24. The summed E-state index contributed by atoms with van der Waals surface area (Å²) >= 11 is 7.02. The summed E-state index contributed by atoms with van der Waals surface area (Å²) < 4.78 is 8.11. The Hall–Kier alpha value is -1.20. The fraction of sp³-hybridized carbons (Fsp3) is 0.125. The van der Waals surface area contributed by atoms with Crippen LogP contribution in [0.5, 0.6) is 0 Å². The van der Waals surface area contributed by atoms with Gasteiger partial charge in [0.15, 0.2) is 0 Å². The summed E-state index contributed by atoms with van der Waals surface area (Å²) in [5.74, 6) is -0.174. The number of nitrogens with zero attached hydrogens (tertiary/aromatic N) is 2. The van der Waals surface area contributed by atoms with Crippen LogP contribution in [0.1, 0.15) is 6.92 Å². The standard InChI is InChI=1S/C8H6ClN3OS/c1-4(13)10-7-5(9)2-3-6-8(7)12-14-11-6/h2-3H,1H3,(H,10,13). The van der Waals surface area contributed by atoms with Crippen LogP contribution in [0.2, 0.25) is 5.02 Å². The number of carbonyl (C=O) groups excluding carboxylic acids is 1. The van der Waals surface area contributed by atoms with Crippen molar-refractivity contribution in [3.8, 4) is 0 Å². The Balaban J connectivity index is 2.64. The van der Waals surface area contributed by atoms with E-state index in [4.69, 9.17) is 11.6 Å². The second-order valence-corrected chi connectivity index (χ2v) is 3.67. The molecule has 0 radical (unpaired) electrons. The number of hydrogen-bond acceptors (Lipinski definition) is 4. The van der Waals surface area contributed by atoms with Crippen molar-refractivity contribution in [2.24, 2.45) is 0 Å². The molecule has 2 rings (SSSR count). The molecule has 14 heavy (non-hydrogen) atoms. The quantitative estimate of drug-likeness (QED) is 0.813. The fourth-order valence-electron chi connectivity index (χ4n) is 1.12. The molecule has 0 unspecified atom stereocenters. The van der Waals surface area contributed by atoms with Crippen molar-refractivity contribution in [1.82, 2.24) is 8.75 Å². The number of aromatic nitrogens is 2. The third kappa shape index (κ3) is 1.56. The third-order valence-electron chi connectivity index (χ3n) is 1.68. The molecular formula is C8H6ClN3OS. The van der Waals surface area contributed by atoms with Gasteiger partial charge in [-0.3, -0.25) is 4.79 Å². The average molecular weight is 228 g/mol. The Labute approximate surface area is 89.2 Å². The van der Waals surface area contributed by atoms with Crippen molar-refractivity contribution < 1.29 is 4.79 Å². The first-order valence-electron chi connectivity index (χ1n) is 3.87. The van der Waals surface area contributed by atoms with Crippen LogP contribution in [0.25, 0.3) is 11.0 Å². The van der Waals surface area contributed by atoms with Crippen molar-refractivity contribution in [1.29, 1.82) is 0 Å². The van der Waals surface area contributed by atoms with E-state index in [1.165, 1.54) is 6.92 Å². The topological polar surface area (TPSA) is 54.9 Å². The summed E-state index contributed by atoms with van der Waals surface area (Å²) in [5.41, 5.74) is 1.91. The van der Waals surface area contributed by atoms with Crippen LogP contribution in [0.15, 0.2) is 12.1 Å². The maximum Gasteiger partial charge on any atom is 0.221 e. The molecule has 1 heterocycles. The lowest BCUT2D eigenvalue weighted by Gasteiger charge is -2.04. The van der Waals surface area contributed by atoms with E-state index in [0.717, 1.165) is 17.2 Å². The van der Waals surface area contributed by atoms with E-state index < -0.39 is 0 Å². The van der Waals surface area contributed by atoms with Crippen LogP contribution in [0.3, 0.4) is 0 Å². The minimum absolute atomic E-state index is 0.174. The first-order chi connectivity index (χ1) is 6.68. The number of hydrogen-bond donors (Lipinski definition) is 1. The van der Waals surface area contributed by atoms with Crippen molar-refractivity contribution in [2.45, 2.75) is 6.92 Å². The summed E-state index contributed by atoms with van der Waals surface area (Å²) in [6, 6.07) is 3.46. The Bertz CT molecular complexity index is 496. The van der Waals surface area contributed by atoms with E-state index in [-0.39, 0.29) is 5.91 Å². The number of carbonyl (C=O) groups is 1. The Morgan fingerprint density at radius 1 is 1.50 bits per heavy atom. The zero-order chi connectivity index (χ0) is 10.1. The van der Waals surface area contributed by atoms with Gasteiger partial charge in [0.05, 0.1) is 22.4 Å². The molecule has 0 atom stereocenters. The van der Waals surface area contributed by atoms with Crippen molar-refractivity contribution in [3.05, 3.63) is 17.2 Å². The molecule has 0 fully saturated rings. The smallest absolute Gasteiger partial charge is 0.221 e. The summed E-state index contributed by atoms with van der Waals surface area (Å²) in [6.45, 7) is 1.43. The maximum atomic E-state index is 10.9. The molecule has 0 aliphatic heterocycles. The molecule has 0 saturated carbocycles. The van der Waals surface area contributed by atoms with Gasteiger partial charge in [-0.2, -0.15) is 8.75 Å². The summed E-state index contributed by atoms with van der Waals surface area (Å²) in [7, 11) is 0. The highest BCUT2D eigenvalue weighted by atomic mass is 35.5. The lowest BCUT2D eigenvalue weighted by Crippen LogP contribution is -2.06. The summed E-state index contributed by atoms with van der Waals surface area (Å²) in [6.07, 6.45) is 0. The molecule has 4 nitrogen and oxygen atoms in total. The number of amides is 1. The van der Waals surface area contributed by atoms with Gasteiger partial charge < -0.3 is 5.32 Å². The highest BCUT2D eigenvalue weighted by Crippen LogP contribution is 2.29. The highest BCUT2D eigenvalue weighted by Gasteiger charge is 2.10. The molecule has 0 aliphatic carbocycles. The normalized spacial score (nSPS) is 10.4. The van der Waals surface area contributed by atoms with Gasteiger partial charge in [-0.05, 0) is 12.1 Å². The van der Waals surface area contributed by atoms with Gasteiger partial charge >= 0.3 is 0 Å². The van der Waals surface area contributed by atoms with Crippen molar-refractivity contribution in [3.63, 3.8) is 0 Å². The van der Waals surface area contributed by atoms with Gasteiger partial charge in [0.25, 0.3) is 0 Å². The van der Waals surface area contributed by atoms with Crippen LogP contribution >= 0.6 is 23.3 Å². The van der Waals surface area contributed by atoms with Crippen molar-refractivity contribution in [2.75, 3.05) is 5.32 Å². The molecule has 1 amide bonds. The molecule has 1 N–H and O–H groups in total. The van der Waals surface area contributed by atoms with E-state index in [1.54, 1.807) is 12.1 Å². The largest absolute Gasteiger partial charge is 0.323 e. The Morgan fingerprint density at radius 3 is 3.00 bits per heavy atom. The second kappa shape index (κ2) is 3.51. The first kappa shape index (κ1) is 9.36. The van der Waals surface area contributed by atoms with Gasteiger partial charge in [0, 0.05) is 6.92 Å². The van der Waals surface area contributed by atoms with Crippen LogP contribution in [0, 0.1) is 0 Å². The first-order valence-corrected chi connectivity index (χ1v) is 4.97. The van der Waals surface area contributed by atoms with Gasteiger partial charge in [-0.1, -0.05) is 11.6 Å². The lowest BCUT2D eigenvalue weighted by atomic mass is 10.2. The van der Waals surface area contributed by atoms with E-state index in [2.05, 4.69) is 14.1 Å². The van der Waals surface area contributed by atoms with E-state index >= 15 is 0 Å². The number of rotatable bonds is 1. The number of fused-ring (bicyclic) bond motifs is 1. The molecule has 1 aromatic carbocycles. The summed E-state index contributed by atoms with van der Waals surface area (Å²) in [5, 5.41) is 3.11. The molecule has 0 spiro atoms. The molecule has 0 bridgehead atoms. The van der Waals surface area contributed by atoms with Gasteiger partial charge in [-0.25, -0.2) is 0 Å². The average Bonchev–Trinajstić information content (AvgIpc) is 2.57. The Kier molecular flexibility index (Phi) is 2.35. The number of benzene rings is 1. The number of nitrogens with one attached hydrogen (secondary N) is 1. The molecule has 2 aromatic rings. The third-order valence-corrected chi connectivity index (χ3v) is 2.54. The SMILES string of the molecule is CC(=O)Nc1c(Cl)ccc2nsnc12. The van der Waals surface area contributed by atoms with Crippen LogP contribution in [-0.2, 0) is 4.79 Å². The summed E-state index contributed by atoms with van der Waals surface area (Å²) in [4.78, 5) is 10.9.